The first-order chi connectivity index (χ1) is 13.7. The molecular weight excluding hydrogens is 418 g/mol. The van der Waals surface area contributed by atoms with Crippen LogP contribution in [0.4, 0.5) is 11.5 Å². The molecule has 140 valence electrons. The van der Waals surface area contributed by atoms with Gasteiger partial charge in [0, 0.05) is 27.2 Å². The maximum atomic E-state index is 5.40. The second-order valence-electron chi connectivity index (χ2n) is 6.11. The number of methoxy groups -OCH3 is 2. The number of ether oxygens (including phenoxy) is 2. The van der Waals surface area contributed by atoms with Crippen molar-refractivity contribution in [2.75, 3.05) is 19.5 Å². The third kappa shape index (κ3) is 3.64. The van der Waals surface area contributed by atoms with E-state index >= 15 is 0 Å². The molecule has 5 nitrogen and oxygen atoms in total. The minimum atomic E-state index is 0.652. The number of rotatable bonds is 5. The molecule has 0 fully saturated rings. The van der Waals surface area contributed by atoms with Gasteiger partial charge in [0.05, 0.1) is 19.7 Å². The number of benzene rings is 3. The van der Waals surface area contributed by atoms with E-state index in [1.807, 2.05) is 66.7 Å². The highest BCUT2D eigenvalue weighted by Crippen LogP contribution is 2.33. The van der Waals surface area contributed by atoms with Crippen molar-refractivity contribution in [3.8, 4) is 22.9 Å². The van der Waals surface area contributed by atoms with Crippen LogP contribution in [0.25, 0.3) is 22.3 Å². The Morgan fingerprint density at radius 2 is 1.57 bits per heavy atom. The molecule has 1 aromatic heterocycles. The van der Waals surface area contributed by atoms with Crippen molar-refractivity contribution in [3.63, 3.8) is 0 Å². The second-order valence-corrected chi connectivity index (χ2v) is 7.03. The minimum Gasteiger partial charge on any atom is -0.493 e. The zero-order valence-corrected chi connectivity index (χ0v) is 17.0. The SMILES string of the molecule is COc1ccc(Nc2nc(-c3ccc(Br)cc3)nc3ccccc23)cc1OC. The number of nitrogens with zero attached hydrogens (tertiary/aromatic N) is 2. The maximum absolute atomic E-state index is 5.40. The van der Waals surface area contributed by atoms with Crippen molar-refractivity contribution < 1.29 is 9.47 Å². The van der Waals surface area contributed by atoms with Gasteiger partial charge in [0.1, 0.15) is 5.82 Å². The number of hydrogen-bond donors (Lipinski definition) is 1. The number of anilines is 2. The van der Waals surface area contributed by atoms with E-state index in [2.05, 4.69) is 21.2 Å². The van der Waals surface area contributed by atoms with Crippen molar-refractivity contribution in [3.05, 3.63) is 71.2 Å². The van der Waals surface area contributed by atoms with E-state index in [4.69, 9.17) is 19.4 Å². The highest BCUT2D eigenvalue weighted by Gasteiger charge is 2.11. The fourth-order valence-corrected chi connectivity index (χ4v) is 3.21. The number of fused-ring (bicyclic) bond motifs is 1. The number of hydrogen-bond acceptors (Lipinski definition) is 5. The first-order valence-corrected chi connectivity index (χ1v) is 9.49. The van der Waals surface area contributed by atoms with Gasteiger partial charge >= 0.3 is 0 Å². The summed E-state index contributed by atoms with van der Waals surface area (Å²) in [6, 6.07) is 21.6. The monoisotopic (exact) mass is 435 g/mol. The summed E-state index contributed by atoms with van der Waals surface area (Å²) in [5, 5.41) is 4.34. The quantitative estimate of drug-likeness (QED) is 0.427. The molecule has 1 heterocycles. The lowest BCUT2D eigenvalue weighted by Gasteiger charge is -2.13. The third-order valence-corrected chi connectivity index (χ3v) is 4.88. The van der Waals surface area contributed by atoms with Crippen molar-refractivity contribution in [2.45, 2.75) is 0 Å². The van der Waals surface area contributed by atoms with Gasteiger partial charge in [-0.3, -0.25) is 0 Å². The van der Waals surface area contributed by atoms with Crippen LogP contribution in [0.3, 0.4) is 0 Å². The molecule has 4 rings (SSSR count). The molecule has 4 aromatic rings. The Hall–Kier alpha value is -3.12. The predicted molar refractivity (Wildman–Crippen MR) is 116 cm³/mol. The molecule has 0 spiro atoms. The summed E-state index contributed by atoms with van der Waals surface area (Å²) in [4.78, 5) is 9.51. The number of nitrogens with one attached hydrogen (secondary N) is 1. The van der Waals surface area contributed by atoms with Crippen LogP contribution in [0.5, 0.6) is 11.5 Å². The molecule has 0 aliphatic rings. The average Bonchev–Trinajstić information content (AvgIpc) is 2.74. The second kappa shape index (κ2) is 7.86. The molecular formula is C22H18BrN3O2. The first-order valence-electron chi connectivity index (χ1n) is 8.69. The molecule has 0 aliphatic heterocycles. The van der Waals surface area contributed by atoms with Crippen molar-refractivity contribution in [2.24, 2.45) is 0 Å². The lowest BCUT2D eigenvalue weighted by molar-refractivity contribution is 0.355. The summed E-state index contributed by atoms with van der Waals surface area (Å²) in [5.74, 6) is 2.72. The van der Waals surface area contributed by atoms with Gasteiger partial charge in [-0.25, -0.2) is 9.97 Å². The molecule has 0 saturated heterocycles. The summed E-state index contributed by atoms with van der Waals surface area (Å²) in [5.41, 5.74) is 2.67. The van der Waals surface area contributed by atoms with Crippen LogP contribution in [0.1, 0.15) is 0 Å². The highest BCUT2D eigenvalue weighted by atomic mass is 79.9. The molecule has 0 atom stereocenters. The van der Waals surface area contributed by atoms with E-state index in [-0.39, 0.29) is 0 Å². The fourth-order valence-electron chi connectivity index (χ4n) is 2.95. The third-order valence-electron chi connectivity index (χ3n) is 4.35. The van der Waals surface area contributed by atoms with Crippen molar-refractivity contribution in [1.29, 1.82) is 0 Å². The Bertz CT molecular complexity index is 1130. The average molecular weight is 436 g/mol. The summed E-state index contributed by atoms with van der Waals surface area (Å²) in [7, 11) is 3.24. The topological polar surface area (TPSA) is 56.3 Å². The molecule has 3 aromatic carbocycles. The van der Waals surface area contributed by atoms with Gasteiger partial charge in [0.15, 0.2) is 17.3 Å². The Kier molecular flexibility index (Phi) is 5.12. The van der Waals surface area contributed by atoms with Crippen LogP contribution in [-0.4, -0.2) is 24.2 Å². The van der Waals surface area contributed by atoms with Crippen LogP contribution >= 0.6 is 15.9 Å². The molecule has 0 unspecified atom stereocenters. The van der Waals surface area contributed by atoms with E-state index < -0.39 is 0 Å². The summed E-state index contributed by atoms with van der Waals surface area (Å²) < 4.78 is 11.7. The standard InChI is InChI=1S/C22H18BrN3O2/c1-27-19-12-11-16(13-20(19)28-2)24-22-17-5-3-4-6-18(17)25-21(26-22)14-7-9-15(23)10-8-14/h3-13H,1-2H3,(H,24,25,26). The lowest BCUT2D eigenvalue weighted by Crippen LogP contribution is -2.00. The number of para-hydroxylation sites is 1. The summed E-state index contributed by atoms with van der Waals surface area (Å²) in [6.07, 6.45) is 0. The maximum Gasteiger partial charge on any atom is 0.162 e. The molecule has 28 heavy (non-hydrogen) atoms. The molecule has 0 bridgehead atoms. The highest BCUT2D eigenvalue weighted by molar-refractivity contribution is 9.10. The zero-order valence-electron chi connectivity index (χ0n) is 15.4. The van der Waals surface area contributed by atoms with Gasteiger partial charge in [-0.1, -0.05) is 40.2 Å². The van der Waals surface area contributed by atoms with Crippen molar-refractivity contribution >= 4 is 38.3 Å². The predicted octanol–water partition coefficient (Wildman–Crippen LogP) is 5.82. The summed E-state index contributed by atoms with van der Waals surface area (Å²) in [6.45, 7) is 0. The Labute approximate surface area is 171 Å². The van der Waals surface area contributed by atoms with Gasteiger partial charge in [-0.05, 0) is 36.4 Å². The van der Waals surface area contributed by atoms with E-state index in [1.54, 1.807) is 14.2 Å². The molecule has 6 heteroatoms. The van der Waals surface area contributed by atoms with Crippen LogP contribution in [0.15, 0.2) is 71.2 Å². The van der Waals surface area contributed by atoms with Gasteiger partial charge in [-0.15, -0.1) is 0 Å². The van der Waals surface area contributed by atoms with Crippen LogP contribution in [-0.2, 0) is 0 Å². The Morgan fingerprint density at radius 3 is 2.32 bits per heavy atom. The molecule has 0 aliphatic carbocycles. The fraction of sp³-hybridized carbons (Fsp3) is 0.0909. The molecule has 0 saturated carbocycles. The van der Waals surface area contributed by atoms with Gasteiger partial charge in [0.2, 0.25) is 0 Å². The molecule has 1 N–H and O–H groups in total. The van der Waals surface area contributed by atoms with E-state index in [1.165, 1.54) is 0 Å². The molecule has 0 amide bonds. The van der Waals surface area contributed by atoms with Crippen LogP contribution < -0.4 is 14.8 Å². The smallest absolute Gasteiger partial charge is 0.162 e. The lowest BCUT2D eigenvalue weighted by atomic mass is 10.1. The van der Waals surface area contributed by atoms with Gasteiger partial charge < -0.3 is 14.8 Å². The van der Waals surface area contributed by atoms with Crippen molar-refractivity contribution in [1.82, 2.24) is 9.97 Å². The first kappa shape index (κ1) is 18.3. The van der Waals surface area contributed by atoms with Gasteiger partial charge in [-0.2, -0.15) is 0 Å². The number of aromatic nitrogens is 2. The van der Waals surface area contributed by atoms with E-state index in [9.17, 15) is 0 Å². The largest absolute Gasteiger partial charge is 0.493 e. The number of halogens is 1. The van der Waals surface area contributed by atoms with Crippen LogP contribution in [0, 0.1) is 0 Å². The normalized spacial score (nSPS) is 10.7. The van der Waals surface area contributed by atoms with E-state index in [0.29, 0.717) is 17.3 Å². The summed E-state index contributed by atoms with van der Waals surface area (Å²) >= 11 is 3.47. The van der Waals surface area contributed by atoms with Crippen LogP contribution in [0.2, 0.25) is 0 Å². The molecule has 0 radical (unpaired) electrons. The van der Waals surface area contributed by atoms with Gasteiger partial charge in [0.25, 0.3) is 0 Å². The zero-order chi connectivity index (χ0) is 19.5. The Morgan fingerprint density at radius 1 is 0.821 bits per heavy atom. The van der Waals surface area contributed by atoms with E-state index in [0.717, 1.165) is 32.4 Å². The minimum absolute atomic E-state index is 0.652. The Balaban J connectivity index is 1.80.